The molecule has 0 atom stereocenters. The largest absolute Gasteiger partial charge is 0.334 e. The van der Waals surface area contributed by atoms with Crippen LogP contribution in [0.4, 0.5) is 0 Å². The molecular formula is C13H21N5OS. The van der Waals surface area contributed by atoms with Gasteiger partial charge in [0.2, 0.25) is 5.13 Å². The van der Waals surface area contributed by atoms with Crippen LogP contribution < -0.4 is 5.69 Å². The number of rotatable bonds is 3. The summed E-state index contributed by atoms with van der Waals surface area (Å²) in [5, 5.41) is 9.90. The Hall–Kier alpha value is -1.47. The summed E-state index contributed by atoms with van der Waals surface area (Å²) < 4.78 is 3.23. The first kappa shape index (κ1) is 14.9. The molecule has 0 aliphatic rings. The van der Waals surface area contributed by atoms with Gasteiger partial charge in [-0.05, 0) is 14.1 Å². The molecule has 0 unspecified atom stereocenters. The molecule has 0 bridgehead atoms. The molecule has 0 radical (unpaired) electrons. The average Bonchev–Trinajstić information content (AvgIpc) is 2.88. The predicted molar refractivity (Wildman–Crippen MR) is 80.6 cm³/mol. The highest BCUT2D eigenvalue weighted by atomic mass is 32.1. The zero-order chi connectivity index (χ0) is 15.1. The zero-order valence-electron chi connectivity index (χ0n) is 12.8. The summed E-state index contributed by atoms with van der Waals surface area (Å²) in [6, 6.07) is 0. The van der Waals surface area contributed by atoms with Crippen LogP contribution in [0.3, 0.4) is 0 Å². The van der Waals surface area contributed by atoms with Crippen LogP contribution in [0, 0.1) is 0 Å². The molecule has 0 aliphatic carbocycles. The lowest BCUT2D eigenvalue weighted by atomic mass is 9.98. The zero-order valence-corrected chi connectivity index (χ0v) is 13.7. The van der Waals surface area contributed by atoms with E-state index in [9.17, 15) is 4.79 Å². The Bertz CT molecular complexity index is 659. The van der Waals surface area contributed by atoms with Crippen LogP contribution in [0.25, 0.3) is 5.13 Å². The summed E-state index contributed by atoms with van der Waals surface area (Å²) in [5.74, 6) is 0. The smallest absolute Gasteiger partial charge is 0.304 e. The van der Waals surface area contributed by atoms with Gasteiger partial charge in [0.1, 0.15) is 5.01 Å². The lowest BCUT2D eigenvalue weighted by Gasteiger charge is -2.12. The Balaban J connectivity index is 2.43. The van der Waals surface area contributed by atoms with Crippen molar-refractivity contribution in [2.45, 2.75) is 32.7 Å². The minimum atomic E-state index is -0.0848. The maximum Gasteiger partial charge on any atom is 0.334 e. The van der Waals surface area contributed by atoms with E-state index in [2.05, 4.69) is 31.0 Å². The van der Waals surface area contributed by atoms with Crippen LogP contribution in [0.1, 0.15) is 31.5 Å². The third kappa shape index (κ3) is 2.83. The highest BCUT2D eigenvalue weighted by Gasteiger charge is 2.21. The Morgan fingerprint density at radius 2 is 1.95 bits per heavy atom. The van der Waals surface area contributed by atoms with Crippen LogP contribution in [0.15, 0.2) is 11.0 Å². The van der Waals surface area contributed by atoms with Gasteiger partial charge < -0.3 is 4.90 Å². The van der Waals surface area contributed by atoms with Crippen molar-refractivity contribution in [3.63, 3.8) is 0 Å². The second kappa shape index (κ2) is 5.14. The quantitative estimate of drug-likeness (QED) is 0.858. The first-order chi connectivity index (χ1) is 9.20. The monoisotopic (exact) mass is 295 g/mol. The predicted octanol–water partition coefficient (Wildman–Crippen LogP) is 1.39. The van der Waals surface area contributed by atoms with Crippen molar-refractivity contribution in [3.8, 4) is 5.13 Å². The van der Waals surface area contributed by atoms with Crippen molar-refractivity contribution in [3.05, 3.63) is 27.4 Å². The van der Waals surface area contributed by atoms with Crippen LogP contribution in [0.2, 0.25) is 0 Å². The fourth-order valence-corrected chi connectivity index (χ4v) is 2.67. The van der Waals surface area contributed by atoms with E-state index in [1.807, 2.05) is 25.2 Å². The van der Waals surface area contributed by atoms with Crippen LogP contribution in [-0.4, -0.2) is 38.3 Å². The molecule has 0 fully saturated rings. The van der Waals surface area contributed by atoms with Gasteiger partial charge >= 0.3 is 5.69 Å². The van der Waals surface area contributed by atoms with E-state index in [1.54, 1.807) is 16.2 Å². The Kier molecular flexibility index (Phi) is 3.84. The summed E-state index contributed by atoms with van der Waals surface area (Å²) in [5.41, 5.74) is 0.812. The lowest BCUT2D eigenvalue weighted by Crippen LogP contribution is -2.22. The summed E-state index contributed by atoms with van der Waals surface area (Å²) in [4.78, 5) is 14.3. The minimum absolute atomic E-state index is 0.0548. The first-order valence-electron chi connectivity index (χ1n) is 6.46. The van der Waals surface area contributed by atoms with Crippen molar-refractivity contribution >= 4 is 11.3 Å². The molecule has 2 rings (SSSR count). The van der Waals surface area contributed by atoms with Gasteiger partial charge in [0, 0.05) is 25.2 Å². The molecular weight excluding hydrogens is 274 g/mol. The van der Waals surface area contributed by atoms with Crippen LogP contribution >= 0.6 is 11.3 Å². The topological polar surface area (TPSA) is 56.0 Å². The third-order valence-corrected chi connectivity index (χ3v) is 4.29. The van der Waals surface area contributed by atoms with Crippen molar-refractivity contribution in [2.75, 3.05) is 14.1 Å². The molecule has 0 spiro atoms. The number of aromatic nitrogens is 4. The second-order valence-electron chi connectivity index (χ2n) is 6.21. The van der Waals surface area contributed by atoms with Gasteiger partial charge in [-0.3, -0.25) is 4.57 Å². The van der Waals surface area contributed by atoms with E-state index in [-0.39, 0.29) is 11.1 Å². The maximum atomic E-state index is 12.3. The van der Waals surface area contributed by atoms with Crippen molar-refractivity contribution in [1.82, 2.24) is 24.2 Å². The first-order valence-corrected chi connectivity index (χ1v) is 7.28. The molecule has 7 heteroatoms. The van der Waals surface area contributed by atoms with E-state index in [0.717, 1.165) is 10.7 Å². The molecule has 0 saturated carbocycles. The van der Waals surface area contributed by atoms with E-state index in [4.69, 9.17) is 0 Å². The number of imidazole rings is 1. The summed E-state index contributed by atoms with van der Waals surface area (Å²) in [6.07, 6.45) is 1.84. The van der Waals surface area contributed by atoms with Crippen molar-refractivity contribution in [2.24, 2.45) is 7.05 Å². The second-order valence-corrected chi connectivity index (χ2v) is 7.17. The van der Waals surface area contributed by atoms with Crippen molar-refractivity contribution < 1.29 is 0 Å². The molecule has 0 aliphatic heterocycles. The van der Waals surface area contributed by atoms with Crippen molar-refractivity contribution in [1.29, 1.82) is 0 Å². The summed E-state index contributed by atoms with van der Waals surface area (Å²) in [6.45, 7) is 6.97. The van der Waals surface area contributed by atoms with Gasteiger partial charge in [0.25, 0.3) is 0 Å². The molecule has 0 N–H and O–H groups in total. The molecule has 0 amide bonds. The van der Waals surface area contributed by atoms with Gasteiger partial charge in [-0.1, -0.05) is 32.1 Å². The van der Waals surface area contributed by atoms with E-state index < -0.39 is 0 Å². The number of hydrogen-bond acceptors (Lipinski definition) is 5. The molecule has 110 valence electrons. The highest BCUT2D eigenvalue weighted by molar-refractivity contribution is 7.13. The molecule has 2 heterocycles. The fourth-order valence-electron chi connectivity index (χ4n) is 1.80. The van der Waals surface area contributed by atoms with Gasteiger partial charge in [0.15, 0.2) is 0 Å². The Labute approximate surface area is 122 Å². The lowest BCUT2D eigenvalue weighted by molar-refractivity contribution is 0.390. The van der Waals surface area contributed by atoms with E-state index >= 15 is 0 Å². The van der Waals surface area contributed by atoms with E-state index in [0.29, 0.717) is 11.7 Å². The SMILES string of the molecule is CN(C)Cc1cn(-c2nnc(C(C)(C)C)s2)c(=O)n1C. The Morgan fingerprint density at radius 3 is 2.45 bits per heavy atom. The number of nitrogens with zero attached hydrogens (tertiary/aromatic N) is 5. The average molecular weight is 295 g/mol. The van der Waals surface area contributed by atoms with Crippen LogP contribution in [0.5, 0.6) is 0 Å². The minimum Gasteiger partial charge on any atom is -0.304 e. The molecule has 6 nitrogen and oxygen atoms in total. The van der Waals surface area contributed by atoms with Crippen LogP contribution in [-0.2, 0) is 19.0 Å². The van der Waals surface area contributed by atoms with Gasteiger partial charge in [-0.25, -0.2) is 9.36 Å². The molecule has 0 saturated heterocycles. The summed E-state index contributed by atoms with van der Waals surface area (Å²) in [7, 11) is 5.73. The van der Waals surface area contributed by atoms with E-state index in [1.165, 1.54) is 11.3 Å². The normalized spacial score (nSPS) is 12.3. The third-order valence-electron chi connectivity index (χ3n) is 2.94. The molecule has 2 aromatic heterocycles. The standard InChI is InChI=1S/C13H21N5OS/c1-13(2,3)10-14-15-11(20-10)18-8-9(7-16(4)5)17(6)12(18)19/h8H,7H2,1-6H3. The van der Waals surface area contributed by atoms with Gasteiger partial charge in [0.05, 0.1) is 5.69 Å². The Morgan fingerprint density at radius 1 is 1.30 bits per heavy atom. The van der Waals surface area contributed by atoms with Gasteiger partial charge in [-0.2, -0.15) is 0 Å². The molecule has 0 aromatic carbocycles. The number of hydrogen-bond donors (Lipinski definition) is 0. The molecule has 20 heavy (non-hydrogen) atoms. The summed E-state index contributed by atoms with van der Waals surface area (Å²) >= 11 is 1.46. The molecule has 2 aromatic rings. The van der Waals surface area contributed by atoms with Gasteiger partial charge in [-0.15, -0.1) is 10.2 Å². The highest BCUT2D eigenvalue weighted by Crippen LogP contribution is 2.26. The maximum absolute atomic E-state index is 12.3. The fraction of sp³-hybridized carbons (Fsp3) is 0.615.